The predicted molar refractivity (Wildman–Crippen MR) is 71.5 cm³/mol. The number of fused-ring (bicyclic) bond motifs is 2. The average molecular weight is 230 g/mol. The summed E-state index contributed by atoms with van der Waals surface area (Å²) in [4.78, 5) is 0. The lowest BCUT2D eigenvalue weighted by molar-refractivity contribution is 0.236. The van der Waals surface area contributed by atoms with Gasteiger partial charge in [-0.25, -0.2) is 0 Å². The average Bonchev–Trinajstić information content (AvgIpc) is 2.83. The van der Waals surface area contributed by atoms with Crippen molar-refractivity contribution in [3.05, 3.63) is 29.8 Å². The first-order valence-electron chi connectivity index (χ1n) is 6.74. The van der Waals surface area contributed by atoms with Crippen LogP contribution >= 0.6 is 0 Å². The minimum absolute atomic E-state index is 0.550. The summed E-state index contributed by atoms with van der Waals surface area (Å²) in [6.45, 7) is 3.37. The molecule has 2 nitrogen and oxygen atoms in total. The van der Waals surface area contributed by atoms with Gasteiger partial charge in [-0.3, -0.25) is 0 Å². The van der Waals surface area contributed by atoms with E-state index in [4.69, 9.17) is 5.73 Å². The molecule has 2 aliphatic rings. The summed E-state index contributed by atoms with van der Waals surface area (Å²) >= 11 is 0. The van der Waals surface area contributed by atoms with Gasteiger partial charge >= 0.3 is 0 Å². The van der Waals surface area contributed by atoms with E-state index < -0.39 is 0 Å². The molecule has 0 radical (unpaired) electrons. The molecule has 0 amide bonds. The third-order valence-corrected chi connectivity index (χ3v) is 4.88. The summed E-state index contributed by atoms with van der Waals surface area (Å²) in [7, 11) is 0. The van der Waals surface area contributed by atoms with Crippen LogP contribution in [0.3, 0.4) is 0 Å². The van der Waals surface area contributed by atoms with Gasteiger partial charge in [0.1, 0.15) is 0 Å². The Bertz CT molecular complexity index is 415. The normalized spacial score (nSPS) is 35.4. The number of nitrogens with one attached hydrogen (secondary N) is 1. The molecule has 3 unspecified atom stereocenters. The first-order chi connectivity index (χ1) is 8.17. The van der Waals surface area contributed by atoms with Crippen LogP contribution < -0.4 is 11.1 Å². The van der Waals surface area contributed by atoms with Crippen LogP contribution in [0.25, 0.3) is 0 Å². The Hall–Kier alpha value is -1.02. The smallest absolute Gasteiger partial charge is 0.0359 e. The molecule has 0 aromatic heterocycles. The second kappa shape index (κ2) is 4.02. The van der Waals surface area contributed by atoms with E-state index in [9.17, 15) is 0 Å². The second-order valence-electron chi connectivity index (χ2n) is 6.13. The van der Waals surface area contributed by atoms with Crippen LogP contribution in [-0.2, 0) is 6.54 Å². The molecule has 92 valence electrons. The molecule has 3 atom stereocenters. The van der Waals surface area contributed by atoms with Crippen molar-refractivity contribution in [3.8, 4) is 0 Å². The third-order valence-electron chi connectivity index (χ3n) is 4.88. The van der Waals surface area contributed by atoms with Crippen molar-refractivity contribution < 1.29 is 0 Å². The minimum Gasteiger partial charge on any atom is -0.398 e. The number of para-hydroxylation sites is 1. The Labute approximate surface area is 104 Å². The molecule has 17 heavy (non-hydrogen) atoms. The third kappa shape index (κ3) is 1.95. The van der Waals surface area contributed by atoms with E-state index in [-0.39, 0.29) is 0 Å². The largest absolute Gasteiger partial charge is 0.398 e. The van der Waals surface area contributed by atoms with Crippen molar-refractivity contribution in [1.82, 2.24) is 5.32 Å². The molecule has 1 aromatic rings. The lowest BCUT2D eigenvalue weighted by Crippen LogP contribution is -2.39. The summed E-state index contributed by atoms with van der Waals surface area (Å²) in [5, 5.41) is 3.73. The summed E-state index contributed by atoms with van der Waals surface area (Å²) in [5.74, 6) is 0.977. The van der Waals surface area contributed by atoms with Crippen LogP contribution in [0.15, 0.2) is 24.3 Å². The maximum Gasteiger partial charge on any atom is 0.0359 e. The van der Waals surface area contributed by atoms with E-state index >= 15 is 0 Å². The zero-order valence-corrected chi connectivity index (χ0v) is 10.6. The van der Waals surface area contributed by atoms with Crippen molar-refractivity contribution in [2.24, 2.45) is 11.3 Å². The number of anilines is 1. The van der Waals surface area contributed by atoms with Gasteiger partial charge in [-0.2, -0.15) is 0 Å². The first kappa shape index (κ1) is 11.1. The molecule has 0 heterocycles. The molecule has 2 aliphatic carbocycles. The molecular weight excluding hydrogens is 208 g/mol. The first-order valence-corrected chi connectivity index (χ1v) is 6.74. The quantitative estimate of drug-likeness (QED) is 0.783. The van der Waals surface area contributed by atoms with Gasteiger partial charge in [-0.1, -0.05) is 25.1 Å². The summed E-state index contributed by atoms with van der Waals surface area (Å²) in [6.07, 6.45) is 5.64. The Morgan fingerprint density at radius 2 is 2.24 bits per heavy atom. The van der Waals surface area contributed by atoms with E-state index in [0.29, 0.717) is 11.5 Å². The lowest BCUT2D eigenvalue weighted by Gasteiger charge is -2.32. The molecule has 2 saturated carbocycles. The van der Waals surface area contributed by atoms with E-state index in [1.54, 1.807) is 0 Å². The van der Waals surface area contributed by atoms with Crippen LogP contribution in [0.1, 0.15) is 38.2 Å². The Morgan fingerprint density at radius 1 is 1.41 bits per heavy atom. The molecule has 1 aromatic carbocycles. The highest BCUT2D eigenvalue weighted by molar-refractivity contribution is 5.46. The van der Waals surface area contributed by atoms with Crippen LogP contribution in [0.2, 0.25) is 0 Å². The molecule has 0 aliphatic heterocycles. The zero-order valence-electron chi connectivity index (χ0n) is 10.6. The molecule has 2 heteroatoms. The van der Waals surface area contributed by atoms with Crippen molar-refractivity contribution in [1.29, 1.82) is 0 Å². The Kier molecular flexibility index (Phi) is 2.62. The van der Waals surface area contributed by atoms with Crippen molar-refractivity contribution >= 4 is 5.69 Å². The van der Waals surface area contributed by atoms with E-state index in [0.717, 1.165) is 18.2 Å². The number of benzene rings is 1. The fourth-order valence-electron chi connectivity index (χ4n) is 3.79. The van der Waals surface area contributed by atoms with Gasteiger partial charge in [0, 0.05) is 18.3 Å². The monoisotopic (exact) mass is 230 g/mol. The SMILES string of the molecule is CC12CCC(CC1NCc1ccccc1N)C2. The Morgan fingerprint density at radius 3 is 2.88 bits per heavy atom. The van der Waals surface area contributed by atoms with E-state index in [2.05, 4.69) is 24.4 Å². The van der Waals surface area contributed by atoms with Crippen LogP contribution in [0.5, 0.6) is 0 Å². The highest BCUT2D eigenvalue weighted by atomic mass is 15.0. The number of hydrogen-bond donors (Lipinski definition) is 2. The molecular formula is C15H22N2. The number of rotatable bonds is 3. The maximum atomic E-state index is 5.97. The second-order valence-corrected chi connectivity index (χ2v) is 6.13. The zero-order chi connectivity index (χ0) is 11.9. The van der Waals surface area contributed by atoms with Gasteiger partial charge < -0.3 is 11.1 Å². The summed E-state index contributed by atoms with van der Waals surface area (Å²) in [5.41, 5.74) is 8.67. The molecule has 3 rings (SSSR count). The van der Waals surface area contributed by atoms with E-state index in [1.165, 1.54) is 31.2 Å². The van der Waals surface area contributed by atoms with Crippen LogP contribution in [-0.4, -0.2) is 6.04 Å². The van der Waals surface area contributed by atoms with Crippen LogP contribution in [0, 0.1) is 11.3 Å². The molecule has 0 spiro atoms. The van der Waals surface area contributed by atoms with E-state index in [1.807, 2.05) is 12.1 Å². The fourth-order valence-corrected chi connectivity index (χ4v) is 3.79. The molecule has 2 bridgehead atoms. The van der Waals surface area contributed by atoms with Crippen molar-refractivity contribution in [3.63, 3.8) is 0 Å². The van der Waals surface area contributed by atoms with Crippen LogP contribution in [0.4, 0.5) is 5.69 Å². The van der Waals surface area contributed by atoms with Gasteiger partial charge in [0.15, 0.2) is 0 Å². The number of nitrogens with two attached hydrogens (primary N) is 1. The molecule has 3 N–H and O–H groups in total. The maximum absolute atomic E-state index is 5.97. The van der Waals surface area contributed by atoms with Gasteiger partial charge in [0.2, 0.25) is 0 Å². The highest BCUT2D eigenvalue weighted by Crippen LogP contribution is 2.53. The summed E-state index contributed by atoms with van der Waals surface area (Å²) < 4.78 is 0. The lowest BCUT2D eigenvalue weighted by atomic mass is 9.82. The van der Waals surface area contributed by atoms with Crippen molar-refractivity contribution in [2.75, 3.05) is 5.73 Å². The standard InChI is InChI=1S/C15H22N2/c1-15-7-6-11(9-15)8-14(15)17-10-12-4-2-3-5-13(12)16/h2-5,11,14,17H,6-10,16H2,1H3. The van der Waals surface area contributed by atoms with Gasteiger partial charge in [0.05, 0.1) is 0 Å². The van der Waals surface area contributed by atoms with Crippen molar-refractivity contribution in [2.45, 2.75) is 45.2 Å². The number of nitrogen functional groups attached to an aromatic ring is 1. The topological polar surface area (TPSA) is 38.0 Å². The van der Waals surface area contributed by atoms with Gasteiger partial charge in [0.25, 0.3) is 0 Å². The highest BCUT2D eigenvalue weighted by Gasteiger charge is 2.48. The molecule has 2 fully saturated rings. The Balaban J connectivity index is 1.64. The predicted octanol–water partition coefficient (Wildman–Crippen LogP) is 2.94. The summed E-state index contributed by atoms with van der Waals surface area (Å²) in [6, 6.07) is 8.87. The molecule has 0 saturated heterocycles. The minimum atomic E-state index is 0.550. The van der Waals surface area contributed by atoms with Gasteiger partial charge in [-0.05, 0) is 48.6 Å². The fraction of sp³-hybridized carbons (Fsp3) is 0.600. The number of hydrogen-bond acceptors (Lipinski definition) is 2. The van der Waals surface area contributed by atoms with Gasteiger partial charge in [-0.15, -0.1) is 0 Å².